The Bertz CT molecular complexity index is 429. The quantitative estimate of drug-likeness (QED) is 0.793. The summed E-state index contributed by atoms with van der Waals surface area (Å²) >= 11 is 5.04. The van der Waals surface area contributed by atoms with Gasteiger partial charge in [-0.05, 0) is 44.6 Å². The predicted molar refractivity (Wildman–Crippen MR) is 82.1 cm³/mol. The molecule has 1 saturated heterocycles. The molecule has 4 nitrogen and oxygen atoms in total. The average Bonchev–Trinajstić information content (AvgIpc) is 2.90. The van der Waals surface area contributed by atoms with E-state index in [1.807, 2.05) is 12.1 Å². The molecule has 104 valence electrons. The smallest absolute Gasteiger partial charge is 0.123 e. The van der Waals surface area contributed by atoms with Crippen LogP contribution in [0.4, 0.5) is 0 Å². The number of hydrogen-bond donors (Lipinski definition) is 1. The Balaban J connectivity index is 1.87. The molecule has 0 radical (unpaired) electrons. The first-order valence-electron chi connectivity index (χ1n) is 6.81. The minimum Gasteiger partial charge on any atom is -0.388 e. The van der Waals surface area contributed by atoms with Crippen molar-refractivity contribution in [3.8, 4) is 0 Å². The molecular formula is C14H22N4S. The fourth-order valence-corrected chi connectivity index (χ4v) is 2.66. The molecule has 0 spiro atoms. The molecule has 1 aliphatic rings. The maximum Gasteiger partial charge on any atom is 0.123 e. The molecule has 0 aromatic carbocycles. The van der Waals surface area contributed by atoms with Crippen molar-refractivity contribution in [1.82, 2.24) is 14.8 Å². The third-order valence-corrected chi connectivity index (χ3v) is 3.75. The van der Waals surface area contributed by atoms with Crippen molar-refractivity contribution in [3.63, 3.8) is 0 Å². The van der Waals surface area contributed by atoms with Crippen molar-refractivity contribution in [1.29, 1.82) is 0 Å². The maximum atomic E-state index is 5.71. The van der Waals surface area contributed by atoms with Crippen LogP contribution in [0, 0.1) is 0 Å². The van der Waals surface area contributed by atoms with Gasteiger partial charge < -0.3 is 15.5 Å². The minimum atomic E-state index is 0.378. The van der Waals surface area contributed by atoms with E-state index in [-0.39, 0.29) is 0 Å². The number of nitrogens with two attached hydrogens (primary N) is 1. The van der Waals surface area contributed by atoms with Gasteiger partial charge in [-0.1, -0.05) is 18.3 Å². The minimum absolute atomic E-state index is 0.378. The van der Waals surface area contributed by atoms with Crippen LogP contribution in [-0.4, -0.2) is 53.0 Å². The summed E-state index contributed by atoms with van der Waals surface area (Å²) in [5, 5.41) is 0. The summed E-state index contributed by atoms with van der Waals surface area (Å²) in [5.74, 6) is 0. The highest BCUT2D eigenvalue weighted by Gasteiger charge is 2.13. The third kappa shape index (κ3) is 4.23. The molecule has 1 aromatic heterocycles. The van der Waals surface area contributed by atoms with E-state index < -0.39 is 0 Å². The number of pyridine rings is 1. The van der Waals surface area contributed by atoms with Crippen LogP contribution in [0.5, 0.6) is 0 Å². The molecule has 0 aliphatic carbocycles. The number of thiocarbonyl (C=S) groups is 1. The first-order valence-corrected chi connectivity index (χ1v) is 7.22. The van der Waals surface area contributed by atoms with Crippen molar-refractivity contribution in [2.75, 3.05) is 33.2 Å². The van der Waals surface area contributed by atoms with Crippen molar-refractivity contribution < 1.29 is 0 Å². The number of likely N-dealkylation sites (tertiary alicyclic amines) is 1. The number of rotatable bonds is 6. The van der Waals surface area contributed by atoms with Gasteiger partial charge in [0.05, 0.1) is 0 Å². The highest BCUT2D eigenvalue weighted by molar-refractivity contribution is 7.80. The SMILES string of the molecule is CN(CCN1CCCC1)Cc1cccnc1C(N)=S. The lowest BCUT2D eigenvalue weighted by atomic mass is 10.2. The Hall–Kier alpha value is -1.04. The van der Waals surface area contributed by atoms with Crippen LogP contribution in [-0.2, 0) is 6.54 Å². The summed E-state index contributed by atoms with van der Waals surface area (Å²) in [4.78, 5) is 9.47. The molecule has 1 aromatic rings. The van der Waals surface area contributed by atoms with Gasteiger partial charge in [0.15, 0.2) is 0 Å². The Labute approximate surface area is 120 Å². The molecule has 0 unspecified atom stereocenters. The van der Waals surface area contributed by atoms with Crippen LogP contribution in [0.15, 0.2) is 18.3 Å². The summed E-state index contributed by atoms with van der Waals surface area (Å²) in [6, 6.07) is 3.99. The van der Waals surface area contributed by atoms with Crippen LogP contribution in [0.1, 0.15) is 24.1 Å². The van der Waals surface area contributed by atoms with Crippen molar-refractivity contribution >= 4 is 17.2 Å². The van der Waals surface area contributed by atoms with Crippen LogP contribution in [0.2, 0.25) is 0 Å². The Morgan fingerprint density at radius 3 is 2.89 bits per heavy atom. The highest BCUT2D eigenvalue weighted by atomic mass is 32.1. The normalized spacial score (nSPS) is 16.1. The average molecular weight is 278 g/mol. The van der Waals surface area contributed by atoms with Gasteiger partial charge in [0, 0.05) is 25.8 Å². The van der Waals surface area contributed by atoms with E-state index in [0.29, 0.717) is 4.99 Å². The highest BCUT2D eigenvalue weighted by Crippen LogP contribution is 2.10. The second-order valence-corrected chi connectivity index (χ2v) is 5.60. The van der Waals surface area contributed by atoms with Gasteiger partial charge in [-0.3, -0.25) is 4.98 Å². The monoisotopic (exact) mass is 278 g/mol. The predicted octanol–water partition coefficient (Wildman–Crippen LogP) is 1.24. The fourth-order valence-electron chi connectivity index (χ4n) is 2.48. The third-order valence-electron chi connectivity index (χ3n) is 3.56. The first-order chi connectivity index (χ1) is 9.16. The zero-order valence-electron chi connectivity index (χ0n) is 11.5. The van der Waals surface area contributed by atoms with Crippen molar-refractivity contribution in [3.05, 3.63) is 29.6 Å². The molecule has 0 bridgehead atoms. The lowest BCUT2D eigenvalue weighted by Gasteiger charge is -2.22. The second-order valence-electron chi connectivity index (χ2n) is 5.16. The lowest BCUT2D eigenvalue weighted by molar-refractivity contribution is 0.252. The molecule has 0 saturated carbocycles. The first kappa shape index (κ1) is 14.4. The van der Waals surface area contributed by atoms with Gasteiger partial charge in [-0.15, -0.1) is 0 Å². The second kappa shape index (κ2) is 6.93. The Kier molecular flexibility index (Phi) is 5.24. The van der Waals surface area contributed by atoms with E-state index in [9.17, 15) is 0 Å². The molecular weight excluding hydrogens is 256 g/mol. The molecule has 0 amide bonds. The maximum absolute atomic E-state index is 5.71. The zero-order chi connectivity index (χ0) is 13.7. The molecule has 0 atom stereocenters. The van der Waals surface area contributed by atoms with E-state index >= 15 is 0 Å². The van der Waals surface area contributed by atoms with Gasteiger partial charge in [0.2, 0.25) is 0 Å². The molecule has 2 rings (SSSR count). The number of likely N-dealkylation sites (N-methyl/N-ethyl adjacent to an activating group) is 1. The van der Waals surface area contributed by atoms with Gasteiger partial charge in [-0.25, -0.2) is 0 Å². The van der Waals surface area contributed by atoms with Gasteiger partial charge in [0.1, 0.15) is 10.7 Å². The van der Waals surface area contributed by atoms with E-state index in [4.69, 9.17) is 18.0 Å². The van der Waals surface area contributed by atoms with Gasteiger partial charge in [-0.2, -0.15) is 0 Å². The molecule has 2 N–H and O–H groups in total. The molecule has 2 heterocycles. The van der Waals surface area contributed by atoms with Crippen molar-refractivity contribution in [2.24, 2.45) is 5.73 Å². The van der Waals surface area contributed by atoms with E-state index in [1.54, 1.807) is 6.20 Å². The van der Waals surface area contributed by atoms with Crippen LogP contribution in [0.3, 0.4) is 0 Å². The fraction of sp³-hybridized carbons (Fsp3) is 0.571. The molecule has 19 heavy (non-hydrogen) atoms. The Morgan fingerprint density at radius 1 is 1.47 bits per heavy atom. The van der Waals surface area contributed by atoms with Crippen molar-refractivity contribution in [2.45, 2.75) is 19.4 Å². The topological polar surface area (TPSA) is 45.4 Å². The number of hydrogen-bond acceptors (Lipinski definition) is 4. The standard InChI is InChI=1S/C14H22N4S/c1-17(9-10-18-7-2-3-8-18)11-12-5-4-6-16-13(12)14(15)19/h4-6H,2-3,7-11H2,1H3,(H2,15,19). The zero-order valence-corrected chi connectivity index (χ0v) is 12.3. The number of aromatic nitrogens is 1. The van der Waals surface area contributed by atoms with Crippen LogP contribution >= 0.6 is 12.2 Å². The largest absolute Gasteiger partial charge is 0.388 e. The lowest BCUT2D eigenvalue weighted by Crippen LogP contribution is -2.31. The van der Waals surface area contributed by atoms with Crippen LogP contribution in [0.25, 0.3) is 0 Å². The summed E-state index contributed by atoms with van der Waals surface area (Å²) in [5.41, 5.74) is 7.57. The number of nitrogens with zero attached hydrogens (tertiary/aromatic N) is 3. The summed E-state index contributed by atoms with van der Waals surface area (Å²) in [6.07, 6.45) is 4.43. The van der Waals surface area contributed by atoms with E-state index in [2.05, 4.69) is 21.8 Å². The van der Waals surface area contributed by atoms with E-state index in [1.165, 1.54) is 25.9 Å². The van der Waals surface area contributed by atoms with Gasteiger partial charge in [0.25, 0.3) is 0 Å². The summed E-state index contributed by atoms with van der Waals surface area (Å²) in [7, 11) is 2.13. The van der Waals surface area contributed by atoms with Gasteiger partial charge >= 0.3 is 0 Å². The van der Waals surface area contributed by atoms with Crippen LogP contribution < -0.4 is 5.73 Å². The summed E-state index contributed by atoms with van der Waals surface area (Å²) < 4.78 is 0. The molecule has 5 heteroatoms. The van der Waals surface area contributed by atoms with E-state index in [0.717, 1.165) is 30.9 Å². The Morgan fingerprint density at radius 2 is 2.21 bits per heavy atom. The molecule has 1 aliphatic heterocycles. The molecule has 1 fully saturated rings. The summed E-state index contributed by atoms with van der Waals surface area (Å²) in [6.45, 7) is 5.54.